The van der Waals surface area contributed by atoms with Crippen LogP contribution < -0.4 is 4.90 Å². The van der Waals surface area contributed by atoms with Crippen LogP contribution in [0.2, 0.25) is 0 Å². The van der Waals surface area contributed by atoms with Gasteiger partial charge in [-0.1, -0.05) is 170 Å². The highest BCUT2D eigenvalue weighted by atomic mass is 15.2. The number of rotatable bonds is 4. The molecule has 62 heavy (non-hydrogen) atoms. The van der Waals surface area contributed by atoms with Crippen molar-refractivity contribution in [2.24, 2.45) is 11.8 Å². The van der Waals surface area contributed by atoms with Gasteiger partial charge < -0.3 is 14.0 Å². The molecule has 0 amide bonds. The second-order valence-electron chi connectivity index (χ2n) is 17.8. The van der Waals surface area contributed by atoms with Crippen molar-refractivity contribution in [2.75, 3.05) is 4.90 Å². The van der Waals surface area contributed by atoms with Crippen LogP contribution in [0.1, 0.15) is 41.1 Å². The molecule has 0 bridgehead atoms. The van der Waals surface area contributed by atoms with Crippen molar-refractivity contribution in [1.82, 2.24) is 9.13 Å². The van der Waals surface area contributed by atoms with Gasteiger partial charge in [-0.2, -0.15) is 0 Å². The van der Waals surface area contributed by atoms with E-state index in [0.29, 0.717) is 0 Å². The fraction of sp³-hybridized carbons (Fsp3) is 0.119. The zero-order chi connectivity index (χ0) is 40.5. The Balaban J connectivity index is 1.05. The van der Waals surface area contributed by atoms with Crippen LogP contribution in [0, 0.1) is 11.8 Å². The molecule has 5 unspecified atom stereocenters. The van der Waals surface area contributed by atoms with E-state index in [0.717, 1.165) is 12.8 Å². The Bertz CT molecular complexity index is 3510. The van der Waals surface area contributed by atoms with E-state index in [4.69, 9.17) is 0 Å². The minimum absolute atomic E-state index is 0.0854. The van der Waals surface area contributed by atoms with Crippen LogP contribution in [0.5, 0.6) is 0 Å². The second kappa shape index (κ2) is 12.8. The first-order valence-electron chi connectivity index (χ1n) is 22.3. The van der Waals surface area contributed by atoms with Gasteiger partial charge in [0.2, 0.25) is 0 Å². The van der Waals surface area contributed by atoms with Crippen LogP contribution >= 0.6 is 0 Å². The maximum absolute atomic E-state index is 2.79. The van der Waals surface area contributed by atoms with Gasteiger partial charge in [0.15, 0.2) is 0 Å². The highest BCUT2D eigenvalue weighted by molar-refractivity contribution is 6.13. The van der Waals surface area contributed by atoms with E-state index in [1.54, 1.807) is 5.57 Å². The van der Waals surface area contributed by atoms with Gasteiger partial charge in [0.1, 0.15) is 0 Å². The van der Waals surface area contributed by atoms with E-state index >= 15 is 0 Å². The summed E-state index contributed by atoms with van der Waals surface area (Å²) in [5.41, 5.74) is 17.2. The Labute approximate surface area is 361 Å². The molecular formula is C59H43N3. The van der Waals surface area contributed by atoms with Gasteiger partial charge in [0.25, 0.3) is 0 Å². The van der Waals surface area contributed by atoms with Gasteiger partial charge in [-0.15, -0.1) is 0 Å². The van der Waals surface area contributed by atoms with Crippen molar-refractivity contribution in [3.63, 3.8) is 0 Å². The molecule has 9 aromatic rings. The number of benzene rings is 7. The summed E-state index contributed by atoms with van der Waals surface area (Å²) >= 11 is 0. The molecule has 7 aromatic carbocycles. The third kappa shape index (κ3) is 4.40. The van der Waals surface area contributed by atoms with Crippen molar-refractivity contribution in [3.8, 4) is 11.4 Å². The molecule has 0 radical (unpaired) electrons. The standard InChI is InChI=1S/C59H43N3/c1-3-18-38(19-4-1)60(40-34-35-44-41-22-10-14-31-52(41)61(55(44)36-40)39-20-5-2-6-21-39)56-37-51-57(45-25-8-7-23-42(45)56)47-26-9-12-28-48(47)59(51)49-29-13-16-33-54(49)62-53-32-15-11-24-43(53)46-27-17-30-50(59)58(46)62/h1-18,20-36,38,47-48,56H,19,37H2. The number of para-hydroxylation sites is 5. The van der Waals surface area contributed by atoms with Gasteiger partial charge >= 0.3 is 0 Å². The second-order valence-corrected chi connectivity index (χ2v) is 17.8. The molecule has 3 nitrogen and oxygen atoms in total. The number of hydrogen-bond donors (Lipinski definition) is 0. The lowest BCUT2D eigenvalue weighted by atomic mass is 9.59. The van der Waals surface area contributed by atoms with E-state index in [-0.39, 0.29) is 29.3 Å². The van der Waals surface area contributed by atoms with Crippen molar-refractivity contribution in [2.45, 2.75) is 30.3 Å². The fourth-order valence-corrected chi connectivity index (χ4v) is 12.9. The summed E-state index contributed by atoms with van der Waals surface area (Å²) in [5, 5.41) is 5.21. The van der Waals surface area contributed by atoms with Crippen LogP contribution in [0.4, 0.5) is 5.69 Å². The third-order valence-corrected chi connectivity index (χ3v) is 15.1. The molecule has 0 N–H and O–H groups in total. The summed E-state index contributed by atoms with van der Waals surface area (Å²) in [6, 6.07) is 62.3. The Morgan fingerprint density at radius 1 is 0.532 bits per heavy atom. The normalized spacial score (nSPS) is 22.8. The summed E-state index contributed by atoms with van der Waals surface area (Å²) in [7, 11) is 0. The first kappa shape index (κ1) is 34.4. The monoisotopic (exact) mass is 793 g/mol. The van der Waals surface area contributed by atoms with Crippen LogP contribution in [-0.4, -0.2) is 15.2 Å². The number of hydrogen-bond acceptors (Lipinski definition) is 1. The third-order valence-electron chi connectivity index (χ3n) is 15.1. The Morgan fingerprint density at radius 2 is 1.23 bits per heavy atom. The SMILES string of the molecule is C1=CCC(N(c2ccc3c4ccccc4n(-c4ccccc4)c3c2)C2CC3=C(c4ccccc42)C2C=CC=CC2C32c3ccccc3-n3c4ccccc4c4cccc2c43)C=C1. The zero-order valence-corrected chi connectivity index (χ0v) is 34.3. The van der Waals surface area contributed by atoms with Gasteiger partial charge in [-0.25, -0.2) is 0 Å². The molecule has 1 spiro atoms. The zero-order valence-electron chi connectivity index (χ0n) is 34.3. The van der Waals surface area contributed by atoms with Crippen molar-refractivity contribution >= 4 is 54.9 Å². The molecule has 14 rings (SSSR count). The summed E-state index contributed by atoms with van der Waals surface area (Å²) in [6.45, 7) is 0. The summed E-state index contributed by atoms with van der Waals surface area (Å²) in [4.78, 5) is 2.79. The fourth-order valence-electron chi connectivity index (χ4n) is 12.9. The summed E-state index contributed by atoms with van der Waals surface area (Å²) < 4.78 is 5.05. The lowest BCUT2D eigenvalue weighted by Crippen LogP contribution is -2.43. The Kier molecular flexibility index (Phi) is 7.11. The van der Waals surface area contributed by atoms with Crippen LogP contribution in [0.3, 0.4) is 0 Å². The van der Waals surface area contributed by atoms with E-state index < -0.39 is 0 Å². The van der Waals surface area contributed by atoms with Crippen LogP contribution in [0.25, 0.3) is 60.6 Å². The molecular weight excluding hydrogens is 751 g/mol. The molecule has 0 fully saturated rings. The molecule has 2 aromatic heterocycles. The largest absolute Gasteiger partial charge is 0.357 e. The minimum Gasteiger partial charge on any atom is -0.357 e. The van der Waals surface area contributed by atoms with Crippen molar-refractivity contribution < 1.29 is 0 Å². The first-order chi connectivity index (χ1) is 30.8. The topological polar surface area (TPSA) is 13.1 Å². The summed E-state index contributed by atoms with van der Waals surface area (Å²) in [6.07, 6.45) is 20.8. The molecule has 1 aliphatic heterocycles. The quantitative estimate of drug-likeness (QED) is 0.173. The van der Waals surface area contributed by atoms with Crippen molar-refractivity contribution in [1.29, 1.82) is 0 Å². The number of allylic oxidation sites excluding steroid dienone is 7. The number of anilines is 1. The van der Waals surface area contributed by atoms with E-state index in [1.165, 1.54) is 88.5 Å². The predicted molar refractivity (Wildman–Crippen MR) is 257 cm³/mol. The van der Waals surface area contributed by atoms with Gasteiger partial charge in [0.05, 0.1) is 45.3 Å². The van der Waals surface area contributed by atoms with Crippen molar-refractivity contribution in [3.05, 3.63) is 240 Å². The van der Waals surface area contributed by atoms with Crippen LogP contribution in [0.15, 0.2) is 218 Å². The predicted octanol–water partition coefficient (Wildman–Crippen LogP) is 14.1. The molecule has 4 aliphatic carbocycles. The Hall–Kier alpha value is -7.36. The smallest absolute Gasteiger partial charge is 0.0592 e. The lowest BCUT2D eigenvalue weighted by Gasteiger charge is -2.47. The number of aromatic nitrogens is 2. The maximum Gasteiger partial charge on any atom is 0.0592 e. The Morgan fingerprint density at radius 3 is 2.10 bits per heavy atom. The van der Waals surface area contributed by atoms with Crippen LogP contribution in [-0.2, 0) is 5.41 Å². The number of nitrogens with zero attached hydrogens (tertiary/aromatic N) is 3. The number of fused-ring (bicyclic) bond motifs is 16. The summed E-state index contributed by atoms with van der Waals surface area (Å²) in [5.74, 6) is 0.479. The molecule has 0 saturated carbocycles. The molecule has 294 valence electrons. The molecule has 5 aliphatic rings. The lowest BCUT2D eigenvalue weighted by molar-refractivity contribution is 0.410. The first-order valence-corrected chi connectivity index (χ1v) is 22.3. The van der Waals surface area contributed by atoms with Gasteiger partial charge in [0, 0.05) is 44.8 Å². The maximum atomic E-state index is 2.79. The molecule has 3 heterocycles. The average Bonchev–Trinajstić information content (AvgIpc) is 3.96. The molecule has 0 saturated heterocycles. The molecule has 3 heteroatoms. The highest BCUT2D eigenvalue weighted by Crippen LogP contribution is 2.67. The highest BCUT2D eigenvalue weighted by Gasteiger charge is 2.59. The minimum atomic E-state index is -0.370. The van der Waals surface area contributed by atoms with E-state index in [1.807, 2.05) is 0 Å². The van der Waals surface area contributed by atoms with Gasteiger partial charge in [-0.05, 0) is 88.7 Å². The van der Waals surface area contributed by atoms with E-state index in [9.17, 15) is 0 Å². The van der Waals surface area contributed by atoms with E-state index in [2.05, 4.69) is 226 Å². The molecule has 5 atom stereocenters. The average molecular weight is 794 g/mol. The van der Waals surface area contributed by atoms with Gasteiger partial charge in [-0.3, -0.25) is 0 Å².